The number of amides is 2. The maximum absolute atomic E-state index is 11.4. The Hall–Kier alpha value is -1.06. The maximum atomic E-state index is 11.4. The van der Waals surface area contributed by atoms with Gasteiger partial charge in [-0.2, -0.15) is 0 Å². The molecule has 0 aromatic carbocycles. The summed E-state index contributed by atoms with van der Waals surface area (Å²) in [4.78, 5) is 23.9. The lowest BCUT2D eigenvalue weighted by molar-refractivity contribution is -0.118. The number of nitrogens with one attached hydrogen (secondary N) is 1. The van der Waals surface area contributed by atoms with E-state index >= 15 is 0 Å². The minimum atomic E-state index is -0.395. The van der Waals surface area contributed by atoms with Crippen LogP contribution < -0.4 is 5.32 Å². The van der Waals surface area contributed by atoms with Crippen LogP contribution in [0, 0.1) is 0 Å². The lowest BCUT2D eigenvalue weighted by atomic mass is 10.2. The first kappa shape index (κ1) is 11.9. The molecule has 0 bridgehead atoms. The summed E-state index contributed by atoms with van der Waals surface area (Å²) in [6.07, 6.45) is 0. The van der Waals surface area contributed by atoms with E-state index in [1.54, 1.807) is 11.8 Å². The number of Topliss-reactive ketones (excluding diaryl/α,β-unsaturated/α-hetero) is 1. The summed E-state index contributed by atoms with van der Waals surface area (Å²) in [7, 11) is 0. The van der Waals surface area contributed by atoms with Crippen molar-refractivity contribution < 1.29 is 9.59 Å². The summed E-state index contributed by atoms with van der Waals surface area (Å²) in [5, 5.41) is 2.62. The summed E-state index contributed by atoms with van der Waals surface area (Å²) in [5.74, 6) is -0.0273. The van der Waals surface area contributed by atoms with Gasteiger partial charge in [0.2, 0.25) is 0 Å². The Morgan fingerprint density at radius 1 is 1.31 bits per heavy atom. The van der Waals surface area contributed by atoms with Gasteiger partial charge >= 0.3 is 6.03 Å². The molecule has 0 aromatic rings. The van der Waals surface area contributed by atoms with Crippen molar-refractivity contribution in [3.05, 3.63) is 0 Å². The summed E-state index contributed by atoms with van der Waals surface area (Å²) >= 11 is 0. The molecule has 0 radical (unpaired) electrons. The molecule has 0 spiro atoms. The van der Waals surface area contributed by atoms with Crippen molar-refractivity contribution >= 4 is 11.8 Å². The van der Waals surface area contributed by atoms with Gasteiger partial charge in [0.15, 0.2) is 5.78 Å². The minimum Gasteiger partial charge on any atom is -0.328 e. The number of nitrogens with zero attached hydrogens (tertiary/aromatic N) is 1. The second-order valence-corrected chi connectivity index (χ2v) is 2.95. The molecule has 0 aromatic heterocycles. The smallest absolute Gasteiger partial charge is 0.317 e. The Kier molecular flexibility index (Phi) is 5.11. The molecule has 0 fully saturated rings. The second kappa shape index (κ2) is 5.56. The Morgan fingerprint density at radius 2 is 1.77 bits per heavy atom. The second-order valence-electron chi connectivity index (χ2n) is 2.95. The van der Waals surface area contributed by atoms with Crippen LogP contribution in [0.2, 0.25) is 0 Å². The molecule has 4 heteroatoms. The van der Waals surface area contributed by atoms with Crippen LogP contribution in [0.15, 0.2) is 0 Å². The van der Waals surface area contributed by atoms with Crippen molar-refractivity contribution in [2.75, 3.05) is 13.1 Å². The Balaban J connectivity index is 4.05. The Bertz CT molecular complexity index is 188. The van der Waals surface area contributed by atoms with E-state index in [0.29, 0.717) is 13.1 Å². The third-order valence-corrected chi connectivity index (χ3v) is 2.00. The van der Waals surface area contributed by atoms with E-state index in [9.17, 15) is 9.59 Å². The number of hydrogen-bond donors (Lipinski definition) is 1. The number of carbonyl (C=O) groups is 2. The molecule has 4 nitrogen and oxygen atoms in total. The first-order valence-electron chi connectivity index (χ1n) is 4.58. The van der Waals surface area contributed by atoms with Gasteiger partial charge in [0.05, 0.1) is 6.04 Å². The van der Waals surface area contributed by atoms with E-state index in [2.05, 4.69) is 5.32 Å². The molecule has 0 aliphatic rings. The minimum absolute atomic E-state index is 0.0273. The van der Waals surface area contributed by atoms with Crippen LogP contribution >= 0.6 is 0 Å². The molecule has 0 saturated heterocycles. The highest BCUT2D eigenvalue weighted by atomic mass is 16.2. The summed E-state index contributed by atoms with van der Waals surface area (Å²) in [6, 6.07) is -0.569. The van der Waals surface area contributed by atoms with E-state index in [1.807, 2.05) is 13.8 Å². The van der Waals surface area contributed by atoms with Crippen LogP contribution in [0.1, 0.15) is 27.7 Å². The number of ketones is 1. The van der Waals surface area contributed by atoms with Crippen molar-refractivity contribution in [1.29, 1.82) is 0 Å². The molecular formula is C9H18N2O2. The van der Waals surface area contributed by atoms with Gasteiger partial charge in [-0.1, -0.05) is 0 Å². The maximum Gasteiger partial charge on any atom is 0.317 e. The van der Waals surface area contributed by atoms with Crippen molar-refractivity contribution in [3.8, 4) is 0 Å². The largest absolute Gasteiger partial charge is 0.328 e. The van der Waals surface area contributed by atoms with Crippen molar-refractivity contribution in [2.24, 2.45) is 0 Å². The molecule has 76 valence electrons. The lowest BCUT2D eigenvalue weighted by Crippen LogP contribution is -2.45. The fourth-order valence-corrected chi connectivity index (χ4v) is 0.889. The van der Waals surface area contributed by atoms with Crippen LogP contribution in [0.5, 0.6) is 0 Å². The van der Waals surface area contributed by atoms with Gasteiger partial charge in [0.25, 0.3) is 0 Å². The first-order chi connectivity index (χ1) is 6.02. The summed E-state index contributed by atoms with van der Waals surface area (Å²) in [6.45, 7) is 8.28. The highest BCUT2D eigenvalue weighted by Crippen LogP contribution is 1.91. The number of rotatable bonds is 4. The van der Waals surface area contributed by atoms with E-state index < -0.39 is 6.04 Å². The van der Waals surface area contributed by atoms with Crippen LogP contribution in [-0.4, -0.2) is 35.8 Å². The van der Waals surface area contributed by atoms with Crippen molar-refractivity contribution in [1.82, 2.24) is 10.2 Å². The molecular weight excluding hydrogens is 168 g/mol. The summed E-state index contributed by atoms with van der Waals surface area (Å²) < 4.78 is 0. The van der Waals surface area contributed by atoms with Gasteiger partial charge < -0.3 is 10.2 Å². The molecule has 0 aliphatic heterocycles. The number of urea groups is 1. The van der Waals surface area contributed by atoms with Crippen LogP contribution in [-0.2, 0) is 4.79 Å². The van der Waals surface area contributed by atoms with Gasteiger partial charge in [-0.3, -0.25) is 4.79 Å². The number of carbonyl (C=O) groups excluding carboxylic acids is 2. The van der Waals surface area contributed by atoms with Crippen molar-refractivity contribution in [3.63, 3.8) is 0 Å². The van der Waals surface area contributed by atoms with E-state index in [-0.39, 0.29) is 11.8 Å². The van der Waals surface area contributed by atoms with Gasteiger partial charge in [0, 0.05) is 13.1 Å². The predicted molar refractivity (Wildman–Crippen MR) is 51.6 cm³/mol. The molecule has 0 heterocycles. The Morgan fingerprint density at radius 3 is 2.08 bits per heavy atom. The van der Waals surface area contributed by atoms with E-state index in [0.717, 1.165) is 0 Å². The predicted octanol–water partition coefficient (Wildman–Crippen LogP) is 1.02. The fraction of sp³-hybridized carbons (Fsp3) is 0.778. The van der Waals surface area contributed by atoms with Crippen LogP contribution in [0.3, 0.4) is 0 Å². The molecule has 1 atom stereocenters. The summed E-state index contributed by atoms with van der Waals surface area (Å²) in [5.41, 5.74) is 0. The highest BCUT2D eigenvalue weighted by molar-refractivity contribution is 5.86. The standard InChI is InChI=1S/C9H18N2O2/c1-5-11(6-2)9(13)10-7(3)8(4)12/h7H,5-6H2,1-4H3,(H,10,13). The lowest BCUT2D eigenvalue weighted by Gasteiger charge is -2.21. The van der Waals surface area contributed by atoms with Gasteiger partial charge in [-0.15, -0.1) is 0 Å². The molecule has 1 N–H and O–H groups in total. The molecule has 1 unspecified atom stereocenters. The molecule has 13 heavy (non-hydrogen) atoms. The molecule has 2 amide bonds. The monoisotopic (exact) mass is 186 g/mol. The third-order valence-electron chi connectivity index (χ3n) is 2.00. The van der Waals surface area contributed by atoms with Crippen molar-refractivity contribution in [2.45, 2.75) is 33.7 Å². The SMILES string of the molecule is CCN(CC)C(=O)NC(C)C(C)=O. The average molecular weight is 186 g/mol. The third kappa shape index (κ3) is 3.92. The average Bonchev–Trinajstić information content (AvgIpc) is 2.06. The van der Waals surface area contributed by atoms with E-state index in [1.165, 1.54) is 6.92 Å². The van der Waals surface area contributed by atoms with E-state index in [4.69, 9.17) is 0 Å². The quantitative estimate of drug-likeness (QED) is 0.712. The highest BCUT2D eigenvalue weighted by Gasteiger charge is 2.14. The topological polar surface area (TPSA) is 49.4 Å². The van der Waals surface area contributed by atoms with Crippen LogP contribution in [0.4, 0.5) is 4.79 Å². The number of hydrogen-bond acceptors (Lipinski definition) is 2. The normalized spacial score (nSPS) is 12.0. The molecule has 0 aliphatic carbocycles. The molecule has 0 rings (SSSR count). The fourth-order valence-electron chi connectivity index (χ4n) is 0.889. The van der Waals surface area contributed by atoms with Gasteiger partial charge in [0.1, 0.15) is 0 Å². The van der Waals surface area contributed by atoms with Gasteiger partial charge in [-0.25, -0.2) is 4.79 Å². The molecule has 0 saturated carbocycles. The van der Waals surface area contributed by atoms with Crippen LogP contribution in [0.25, 0.3) is 0 Å². The van der Waals surface area contributed by atoms with Gasteiger partial charge in [-0.05, 0) is 27.7 Å². The Labute approximate surface area is 79.3 Å². The zero-order valence-corrected chi connectivity index (χ0v) is 8.76. The first-order valence-corrected chi connectivity index (χ1v) is 4.58. The zero-order valence-electron chi connectivity index (χ0n) is 8.76. The zero-order chi connectivity index (χ0) is 10.4.